The molecule has 0 atom stereocenters. The van der Waals surface area contributed by atoms with Crippen LogP contribution in [0.1, 0.15) is 59.3 Å². The van der Waals surface area contributed by atoms with Gasteiger partial charge >= 0.3 is 0 Å². The lowest BCUT2D eigenvalue weighted by Crippen LogP contribution is -2.15. The molecular weight excluding hydrogens is 299 g/mol. The molecule has 0 fully saturated rings. The largest absolute Gasteiger partial charge is 0.152 e. The average Bonchev–Trinajstić information content (AvgIpc) is 2.48. The molecule has 0 saturated carbocycles. The molecule has 0 aliphatic heterocycles. The second-order valence-corrected chi connectivity index (χ2v) is 8.10. The van der Waals surface area contributed by atoms with Crippen molar-refractivity contribution < 1.29 is 0 Å². The highest BCUT2D eigenvalue weighted by molar-refractivity contribution is 6.60. The van der Waals surface area contributed by atoms with Crippen LogP contribution >= 0.6 is 0 Å². The lowest BCUT2D eigenvalue weighted by Gasteiger charge is -2.18. The third-order valence-electron chi connectivity index (χ3n) is 4.45. The van der Waals surface area contributed by atoms with Gasteiger partial charge in [0.25, 0.3) is 0 Å². The van der Waals surface area contributed by atoms with Gasteiger partial charge < -0.3 is 0 Å². The molecule has 0 bridgehead atoms. The van der Waals surface area contributed by atoms with Crippen LogP contribution in [-0.2, 0) is 0 Å². The van der Waals surface area contributed by atoms with Crippen LogP contribution in [0.4, 0.5) is 0 Å². The van der Waals surface area contributed by atoms with E-state index in [0.29, 0.717) is 6.71 Å². The van der Waals surface area contributed by atoms with Crippen molar-refractivity contribution in [1.29, 1.82) is 0 Å². The van der Waals surface area contributed by atoms with Crippen LogP contribution < -0.4 is 0 Å². The van der Waals surface area contributed by atoms with Crippen molar-refractivity contribution >= 4 is 6.71 Å². The highest BCUT2D eigenvalue weighted by Gasteiger charge is 2.17. The number of rotatable bonds is 15. The molecule has 0 saturated heterocycles. The summed E-state index contributed by atoms with van der Waals surface area (Å²) in [5.74, 6) is 0. The Bertz CT molecular complexity index is 442. The van der Waals surface area contributed by atoms with E-state index in [1.165, 1.54) is 33.4 Å². The minimum Gasteiger partial charge on any atom is -0.101 e. The zero-order valence-corrected chi connectivity index (χ0v) is 17.2. The first-order valence-electron chi connectivity index (χ1n) is 9.53. The van der Waals surface area contributed by atoms with Crippen LogP contribution in [0.5, 0.6) is 0 Å². The first-order valence-corrected chi connectivity index (χ1v) is 9.53. The van der Waals surface area contributed by atoms with E-state index < -0.39 is 0 Å². The van der Waals surface area contributed by atoms with Gasteiger partial charge in [-0.15, -0.1) is 39.5 Å². The van der Waals surface area contributed by atoms with Crippen LogP contribution in [0, 0.1) is 0 Å². The normalized spacial score (nSPS) is 10.2. The maximum absolute atomic E-state index is 4.30. The second-order valence-electron chi connectivity index (χ2n) is 8.10. The molecule has 0 aromatic heterocycles. The zero-order valence-electron chi connectivity index (χ0n) is 17.2. The molecule has 0 unspecified atom stereocenters. The van der Waals surface area contributed by atoms with Crippen LogP contribution in [0.25, 0.3) is 0 Å². The van der Waals surface area contributed by atoms with Crippen molar-refractivity contribution in [1.82, 2.24) is 0 Å². The van der Waals surface area contributed by atoms with Gasteiger partial charge in [0, 0.05) is 0 Å². The highest BCUT2D eigenvalue weighted by Crippen LogP contribution is 2.26. The van der Waals surface area contributed by atoms with Gasteiger partial charge in [-0.25, -0.2) is 0 Å². The molecule has 0 aliphatic rings. The van der Waals surface area contributed by atoms with E-state index in [4.69, 9.17) is 0 Å². The number of allylic oxidation sites excluding steroid dienone is 6. The molecule has 0 rings (SSSR count). The Morgan fingerprint density at radius 3 is 0.920 bits per heavy atom. The Balaban J connectivity index is 4.67. The minimum absolute atomic E-state index is 0.563. The van der Waals surface area contributed by atoms with Crippen molar-refractivity contribution in [3.63, 3.8) is 0 Å². The van der Waals surface area contributed by atoms with Crippen LogP contribution in [0.3, 0.4) is 0 Å². The molecule has 0 radical (unpaired) electrons. The highest BCUT2D eigenvalue weighted by atomic mass is 14.0. The molecule has 1 heteroatoms. The molecule has 25 heavy (non-hydrogen) atoms. The van der Waals surface area contributed by atoms with Gasteiger partial charge in [-0.1, -0.05) is 52.4 Å². The SMILES string of the molecule is C=C(C)CCC(=C)CB(CC(=C)CCC(=C)C)CC(=C)CCC(=C)C. The molecule has 0 N–H and O–H groups in total. The Hall–Kier alpha value is -1.50. The third kappa shape index (κ3) is 14.5. The van der Waals surface area contributed by atoms with Gasteiger partial charge in [-0.05, 0) is 59.3 Å². The van der Waals surface area contributed by atoms with E-state index in [-0.39, 0.29) is 0 Å². The van der Waals surface area contributed by atoms with E-state index in [0.717, 1.165) is 57.5 Å². The topological polar surface area (TPSA) is 0 Å². The Kier molecular flexibility index (Phi) is 12.0. The summed E-state index contributed by atoms with van der Waals surface area (Å²) < 4.78 is 0. The van der Waals surface area contributed by atoms with Crippen LogP contribution in [0.15, 0.2) is 72.9 Å². The summed E-state index contributed by atoms with van der Waals surface area (Å²) in [6, 6.07) is 0. The van der Waals surface area contributed by atoms with E-state index in [1.807, 2.05) is 0 Å². The van der Waals surface area contributed by atoms with Crippen molar-refractivity contribution in [3.8, 4) is 0 Å². The molecule has 0 heterocycles. The first kappa shape index (κ1) is 23.5. The summed E-state index contributed by atoms with van der Waals surface area (Å²) in [5, 5.41) is 0. The molecule has 0 aromatic carbocycles. The van der Waals surface area contributed by atoms with Crippen LogP contribution in [0.2, 0.25) is 19.0 Å². The molecule has 0 amide bonds. The standard InChI is InChI=1S/C24H39B/c1-19(2)10-13-22(7)16-25(17-23(8)14-11-20(3)4)18-24(9)15-12-21(5)6/h1,3,5,7-18H2,2,4,6H3. The van der Waals surface area contributed by atoms with Crippen molar-refractivity contribution in [2.75, 3.05) is 0 Å². The van der Waals surface area contributed by atoms with Gasteiger partial charge in [0.2, 0.25) is 0 Å². The lowest BCUT2D eigenvalue weighted by molar-refractivity contribution is 0.904. The summed E-state index contributed by atoms with van der Waals surface area (Å²) in [6.45, 7) is 31.7. The molecule has 0 aromatic rings. The fourth-order valence-corrected chi connectivity index (χ4v) is 2.92. The molecule has 0 spiro atoms. The lowest BCUT2D eigenvalue weighted by atomic mass is 9.39. The second kappa shape index (κ2) is 12.8. The fraction of sp³-hybridized carbons (Fsp3) is 0.500. The maximum Gasteiger partial charge on any atom is 0.152 e. The summed E-state index contributed by atoms with van der Waals surface area (Å²) in [5.41, 5.74) is 7.67. The zero-order chi connectivity index (χ0) is 19.4. The monoisotopic (exact) mass is 338 g/mol. The van der Waals surface area contributed by atoms with Gasteiger partial charge in [0.15, 0.2) is 6.71 Å². The van der Waals surface area contributed by atoms with Gasteiger partial charge in [-0.3, -0.25) is 0 Å². The van der Waals surface area contributed by atoms with Crippen LogP contribution in [-0.4, -0.2) is 6.71 Å². The molecule has 0 nitrogen and oxygen atoms in total. The maximum atomic E-state index is 4.30. The summed E-state index contributed by atoms with van der Waals surface area (Å²) in [4.78, 5) is 0. The Labute approximate surface area is 158 Å². The predicted octanol–water partition coefficient (Wildman–Crippen LogP) is 8.22. The number of hydrogen-bond donors (Lipinski definition) is 0. The molecule has 138 valence electrons. The van der Waals surface area contributed by atoms with E-state index in [9.17, 15) is 0 Å². The first-order chi connectivity index (χ1) is 11.6. The van der Waals surface area contributed by atoms with Crippen molar-refractivity contribution in [2.45, 2.75) is 78.3 Å². The van der Waals surface area contributed by atoms with Gasteiger partial charge in [-0.2, -0.15) is 0 Å². The number of hydrogen-bond acceptors (Lipinski definition) is 0. The van der Waals surface area contributed by atoms with Crippen molar-refractivity contribution in [3.05, 3.63) is 72.9 Å². The molecular formula is C24H39B. The summed E-state index contributed by atoms with van der Waals surface area (Å²) in [7, 11) is 0. The van der Waals surface area contributed by atoms with E-state index in [2.05, 4.69) is 60.2 Å². The quantitative estimate of drug-likeness (QED) is 0.208. The van der Waals surface area contributed by atoms with E-state index >= 15 is 0 Å². The van der Waals surface area contributed by atoms with E-state index in [1.54, 1.807) is 0 Å². The summed E-state index contributed by atoms with van der Waals surface area (Å²) in [6.07, 6.45) is 9.44. The minimum atomic E-state index is 0.563. The average molecular weight is 338 g/mol. The summed E-state index contributed by atoms with van der Waals surface area (Å²) >= 11 is 0. The predicted molar refractivity (Wildman–Crippen MR) is 120 cm³/mol. The Morgan fingerprint density at radius 1 is 0.480 bits per heavy atom. The fourth-order valence-electron chi connectivity index (χ4n) is 2.92. The Morgan fingerprint density at radius 2 is 0.720 bits per heavy atom. The molecule has 0 aliphatic carbocycles. The smallest absolute Gasteiger partial charge is 0.101 e. The van der Waals surface area contributed by atoms with Crippen molar-refractivity contribution in [2.24, 2.45) is 0 Å². The van der Waals surface area contributed by atoms with Gasteiger partial charge in [0.1, 0.15) is 0 Å². The third-order valence-corrected chi connectivity index (χ3v) is 4.45. The van der Waals surface area contributed by atoms with Gasteiger partial charge in [0.05, 0.1) is 0 Å².